The Kier molecular flexibility index (Phi) is 6.81. The smallest absolute Gasteiger partial charge is 0.262 e. The molecule has 0 saturated heterocycles. The van der Waals surface area contributed by atoms with E-state index in [0.717, 1.165) is 10.0 Å². The van der Waals surface area contributed by atoms with Crippen LogP contribution in [0.1, 0.15) is 5.56 Å². The molecule has 0 spiro atoms. The van der Waals surface area contributed by atoms with Crippen LogP contribution in [0.5, 0.6) is 5.75 Å². The van der Waals surface area contributed by atoms with Gasteiger partial charge >= 0.3 is 0 Å². The molecule has 2 N–H and O–H groups in total. The maximum Gasteiger partial charge on any atom is 0.262 e. The molecule has 2 amide bonds. The molecule has 0 aliphatic rings. The van der Waals surface area contributed by atoms with Crippen molar-refractivity contribution in [3.8, 4) is 5.75 Å². The second kappa shape index (κ2) is 9.71. The number of halogens is 1. The van der Waals surface area contributed by atoms with E-state index in [-0.39, 0.29) is 18.4 Å². The minimum atomic E-state index is -0.260. The molecular weight excluding hydrogens is 420 g/mol. The lowest BCUT2D eigenvalue weighted by Gasteiger charge is -2.09. The first kappa shape index (κ1) is 19.6. The van der Waals surface area contributed by atoms with Gasteiger partial charge in [-0.25, -0.2) is 0 Å². The monoisotopic (exact) mass is 438 g/mol. The Morgan fingerprint density at radius 2 is 1.32 bits per heavy atom. The van der Waals surface area contributed by atoms with Crippen LogP contribution >= 0.6 is 15.9 Å². The minimum absolute atomic E-state index is 0.0861. The summed E-state index contributed by atoms with van der Waals surface area (Å²) in [5.74, 6) is 0.268. The van der Waals surface area contributed by atoms with Gasteiger partial charge in [-0.2, -0.15) is 0 Å². The van der Waals surface area contributed by atoms with Crippen molar-refractivity contribution < 1.29 is 14.3 Å². The van der Waals surface area contributed by atoms with Crippen molar-refractivity contribution >= 4 is 39.1 Å². The number of nitrogens with one attached hydrogen (secondary N) is 2. The lowest BCUT2D eigenvalue weighted by Crippen LogP contribution is -2.20. The van der Waals surface area contributed by atoms with Gasteiger partial charge in [0.15, 0.2) is 6.61 Å². The van der Waals surface area contributed by atoms with Crippen molar-refractivity contribution in [1.29, 1.82) is 0 Å². The van der Waals surface area contributed by atoms with Gasteiger partial charge in [0, 0.05) is 15.8 Å². The van der Waals surface area contributed by atoms with E-state index >= 15 is 0 Å². The molecule has 142 valence electrons. The number of rotatable bonds is 7. The number of ether oxygens (including phenoxy) is 1. The van der Waals surface area contributed by atoms with Crippen molar-refractivity contribution in [2.75, 3.05) is 17.2 Å². The zero-order valence-corrected chi connectivity index (χ0v) is 16.6. The van der Waals surface area contributed by atoms with Gasteiger partial charge in [0.1, 0.15) is 5.75 Å². The molecule has 3 aromatic carbocycles. The van der Waals surface area contributed by atoms with Gasteiger partial charge in [-0.1, -0.05) is 46.3 Å². The number of hydrogen-bond donors (Lipinski definition) is 2. The maximum atomic E-state index is 12.1. The molecule has 0 unspecified atom stereocenters. The van der Waals surface area contributed by atoms with Crippen LogP contribution < -0.4 is 15.4 Å². The number of anilines is 2. The molecule has 6 heteroatoms. The minimum Gasteiger partial charge on any atom is -0.484 e. The van der Waals surface area contributed by atoms with Gasteiger partial charge in [-0.3, -0.25) is 9.59 Å². The van der Waals surface area contributed by atoms with Crippen LogP contribution in [0.25, 0.3) is 0 Å². The summed E-state index contributed by atoms with van der Waals surface area (Å²) in [6.45, 7) is -0.0861. The van der Waals surface area contributed by atoms with Crippen LogP contribution in [0.15, 0.2) is 83.3 Å². The number of hydrogen-bond acceptors (Lipinski definition) is 3. The number of carbonyl (C=O) groups is 2. The fourth-order valence-corrected chi connectivity index (χ4v) is 2.76. The molecule has 0 aromatic heterocycles. The highest BCUT2D eigenvalue weighted by atomic mass is 79.9. The molecule has 5 nitrogen and oxygen atoms in total. The molecule has 3 aromatic rings. The zero-order valence-electron chi connectivity index (χ0n) is 15.0. The van der Waals surface area contributed by atoms with E-state index in [9.17, 15) is 9.59 Å². The SMILES string of the molecule is O=C(COc1ccc(Br)cc1)Nc1ccc(NC(=O)Cc2ccccc2)cc1. The first-order valence-electron chi connectivity index (χ1n) is 8.70. The van der Waals surface area contributed by atoms with Gasteiger partial charge in [0.05, 0.1) is 6.42 Å². The van der Waals surface area contributed by atoms with Gasteiger partial charge < -0.3 is 15.4 Å². The number of carbonyl (C=O) groups excluding carboxylic acids is 2. The van der Waals surface area contributed by atoms with Crippen LogP contribution in [0.2, 0.25) is 0 Å². The van der Waals surface area contributed by atoms with Crippen LogP contribution in [-0.2, 0) is 16.0 Å². The maximum absolute atomic E-state index is 12.1. The molecule has 0 saturated carbocycles. The predicted octanol–water partition coefficient (Wildman–Crippen LogP) is 4.65. The molecule has 3 rings (SSSR count). The fourth-order valence-electron chi connectivity index (χ4n) is 2.50. The highest BCUT2D eigenvalue weighted by molar-refractivity contribution is 9.10. The Morgan fingerprint density at radius 3 is 1.93 bits per heavy atom. The highest BCUT2D eigenvalue weighted by Crippen LogP contribution is 2.17. The summed E-state index contributed by atoms with van der Waals surface area (Å²) in [7, 11) is 0. The lowest BCUT2D eigenvalue weighted by molar-refractivity contribution is -0.118. The van der Waals surface area contributed by atoms with E-state index in [1.165, 1.54) is 0 Å². The van der Waals surface area contributed by atoms with Crippen molar-refractivity contribution in [3.63, 3.8) is 0 Å². The van der Waals surface area contributed by atoms with E-state index in [1.807, 2.05) is 42.5 Å². The summed E-state index contributed by atoms with van der Waals surface area (Å²) in [4.78, 5) is 24.1. The molecule has 0 atom stereocenters. The van der Waals surface area contributed by atoms with Crippen molar-refractivity contribution in [1.82, 2.24) is 0 Å². The highest BCUT2D eigenvalue weighted by Gasteiger charge is 2.06. The number of amides is 2. The Labute approximate surface area is 171 Å². The van der Waals surface area contributed by atoms with E-state index in [2.05, 4.69) is 26.6 Å². The summed E-state index contributed by atoms with van der Waals surface area (Å²) >= 11 is 3.35. The van der Waals surface area contributed by atoms with E-state index in [1.54, 1.807) is 36.4 Å². The van der Waals surface area contributed by atoms with E-state index in [0.29, 0.717) is 23.5 Å². The van der Waals surface area contributed by atoms with E-state index < -0.39 is 0 Å². The third kappa shape index (κ3) is 6.25. The predicted molar refractivity (Wildman–Crippen MR) is 113 cm³/mol. The number of benzene rings is 3. The topological polar surface area (TPSA) is 67.4 Å². The van der Waals surface area contributed by atoms with Crippen molar-refractivity contribution in [2.45, 2.75) is 6.42 Å². The average Bonchev–Trinajstić information content (AvgIpc) is 2.70. The van der Waals surface area contributed by atoms with Gasteiger partial charge in [0.2, 0.25) is 5.91 Å². The Hall–Kier alpha value is -3.12. The van der Waals surface area contributed by atoms with Crippen LogP contribution in [-0.4, -0.2) is 18.4 Å². The zero-order chi connectivity index (χ0) is 19.8. The summed E-state index contributed by atoms with van der Waals surface area (Å²) in [5.41, 5.74) is 2.25. The second-order valence-corrected chi connectivity index (χ2v) is 6.99. The molecule has 0 aliphatic carbocycles. The summed E-state index contributed by atoms with van der Waals surface area (Å²) in [6, 6.07) is 23.8. The first-order chi connectivity index (χ1) is 13.6. The molecule has 0 heterocycles. The van der Waals surface area contributed by atoms with Gasteiger partial charge in [-0.15, -0.1) is 0 Å². The largest absolute Gasteiger partial charge is 0.484 e. The first-order valence-corrected chi connectivity index (χ1v) is 9.50. The normalized spacial score (nSPS) is 10.2. The molecule has 0 aliphatic heterocycles. The summed E-state index contributed by atoms with van der Waals surface area (Å²) in [6.07, 6.45) is 0.312. The van der Waals surface area contributed by atoms with Crippen LogP contribution in [0, 0.1) is 0 Å². The lowest BCUT2D eigenvalue weighted by atomic mass is 10.1. The third-order valence-electron chi connectivity index (χ3n) is 3.84. The second-order valence-electron chi connectivity index (χ2n) is 6.08. The molecule has 0 bridgehead atoms. The fraction of sp³-hybridized carbons (Fsp3) is 0.0909. The Morgan fingerprint density at radius 1 is 0.750 bits per heavy atom. The van der Waals surface area contributed by atoms with Crippen molar-refractivity contribution in [2.24, 2.45) is 0 Å². The summed E-state index contributed by atoms with van der Waals surface area (Å²) in [5, 5.41) is 5.60. The third-order valence-corrected chi connectivity index (χ3v) is 4.37. The summed E-state index contributed by atoms with van der Waals surface area (Å²) < 4.78 is 6.38. The molecular formula is C22H19BrN2O3. The Balaban J connectivity index is 1.46. The molecule has 0 radical (unpaired) electrons. The molecule has 28 heavy (non-hydrogen) atoms. The average molecular weight is 439 g/mol. The molecule has 0 fully saturated rings. The van der Waals surface area contributed by atoms with Crippen LogP contribution in [0.4, 0.5) is 11.4 Å². The van der Waals surface area contributed by atoms with Crippen molar-refractivity contribution in [3.05, 3.63) is 88.9 Å². The van der Waals surface area contributed by atoms with Crippen LogP contribution in [0.3, 0.4) is 0 Å². The van der Waals surface area contributed by atoms with Gasteiger partial charge in [0.25, 0.3) is 5.91 Å². The van der Waals surface area contributed by atoms with E-state index in [4.69, 9.17) is 4.74 Å². The standard InChI is InChI=1S/C22H19BrN2O3/c23-17-6-12-20(13-7-17)28-15-22(27)25-19-10-8-18(9-11-19)24-21(26)14-16-4-2-1-3-5-16/h1-13H,14-15H2,(H,24,26)(H,25,27). The quantitative estimate of drug-likeness (QED) is 0.564. The van der Waals surface area contributed by atoms with Gasteiger partial charge in [-0.05, 0) is 54.1 Å². The Bertz CT molecular complexity index is 926.